The molecular weight excluding hydrogens is 352 g/mol. The first-order chi connectivity index (χ1) is 13.5. The van der Waals surface area contributed by atoms with E-state index >= 15 is 0 Å². The van der Waals surface area contributed by atoms with Crippen molar-refractivity contribution in [3.05, 3.63) is 52.6 Å². The highest BCUT2D eigenvalue weighted by Gasteiger charge is 2.19. The zero-order valence-electron chi connectivity index (χ0n) is 17.2. The number of nitrogens with two attached hydrogens (primary N) is 1. The Bertz CT molecular complexity index is 844. The van der Waals surface area contributed by atoms with Gasteiger partial charge in [0.1, 0.15) is 0 Å². The Kier molecular flexibility index (Phi) is 6.41. The summed E-state index contributed by atoms with van der Waals surface area (Å²) in [6, 6.07) is 10.4. The van der Waals surface area contributed by atoms with Crippen LogP contribution in [0.15, 0.2) is 35.3 Å². The lowest BCUT2D eigenvalue weighted by molar-refractivity contribution is 0.260. The van der Waals surface area contributed by atoms with Crippen LogP contribution in [0.5, 0.6) is 11.5 Å². The molecule has 1 aliphatic heterocycles. The Morgan fingerprint density at radius 1 is 1.04 bits per heavy atom. The molecule has 0 saturated carbocycles. The van der Waals surface area contributed by atoms with Crippen LogP contribution in [0.25, 0.3) is 0 Å². The van der Waals surface area contributed by atoms with E-state index in [1.807, 2.05) is 0 Å². The smallest absolute Gasteiger partial charge is 0.193 e. The summed E-state index contributed by atoms with van der Waals surface area (Å²) >= 11 is 0. The predicted octanol–water partition coefficient (Wildman–Crippen LogP) is 3.11. The largest absolute Gasteiger partial charge is 0.493 e. The van der Waals surface area contributed by atoms with Gasteiger partial charge in [0, 0.05) is 25.3 Å². The number of hydrogen-bond donors (Lipinski definition) is 2. The molecule has 1 heterocycles. The molecule has 0 unspecified atom stereocenters. The van der Waals surface area contributed by atoms with Crippen molar-refractivity contribution in [2.45, 2.75) is 26.8 Å². The molecule has 2 aromatic carbocycles. The van der Waals surface area contributed by atoms with Crippen molar-refractivity contribution in [2.75, 3.05) is 39.2 Å². The van der Waals surface area contributed by atoms with Crippen LogP contribution in [0, 0.1) is 13.8 Å². The Morgan fingerprint density at radius 3 is 2.32 bits per heavy atom. The van der Waals surface area contributed by atoms with Crippen LogP contribution >= 0.6 is 0 Å². The van der Waals surface area contributed by atoms with Gasteiger partial charge in [-0.15, -0.1) is 0 Å². The van der Waals surface area contributed by atoms with Gasteiger partial charge in [0.05, 0.1) is 20.8 Å². The van der Waals surface area contributed by atoms with Crippen LogP contribution in [0.1, 0.15) is 22.3 Å². The molecule has 1 aliphatic rings. The number of methoxy groups -OCH3 is 2. The van der Waals surface area contributed by atoms with Gasteiger partial charge in [-0.05, 0) is 66.8 Å². The molecule has 0 amide bonds. The molecular formula is C22H30N4O2. The van der Waals surface area contributed by atoms with Crippen molar-refractivity contribution in [1.29, 1.82) is 0 Å². The second kappa shape index (κ2) is 8.97. The summed E-state index contributed by atoms with van der Waals surface area (Å²) in [5, 5.41) is 3.18. The summed E-state index contributed by atoms with van der Waals surface area (Å²) in [6.45, 7) is 7.56. The molecule has 0 saturated heterocycles. The monoisotopic (exact) mass is 382 g/mol. The number of rotatable bonds is 6. The van der Waals surface area contributed by atoms with Crippen molar-refractivity contribution < 1.29 is 9.47 Å². The molecule has 0 fully saturated rings. The summed E-state index contributed by atoms with van der Waals surface area (Å²) in [6.07, 6.45) is 0.996. The molecule has 0 radical (unpaired) electrons. The van der Waals surface area contributed by atoms with Gasteiger partial charge in [-0.2, -0.15) is 0 Å². The maximum atomic E-state index is 6.06. The van der Waals surface area contributed by atoms with E-state index in [1.54, 1.807) is 14.2 Å². The lowest BCUT2D eigenvalue weighted by atomic mass is 9.99. The minimum atomic E-state index is 0.453. The highest BCUT2D eigenvalue weighted by Crippen LogP contribution is 2.33. The summed E-state index contributed by atoms with van der Waals surface area (Å²) < 4.78 is 10.8. The summed E-state index contributed by atoms with van der Waals surface area (Å²) in [7, 11) is 3.35. The summed E-state index contributed by atoms with van der Waals surface area (Å²) in [5.41, 5.74) is 12.1. The molecule has 0 atom stereocenters. The van der Waals surface area contributed by atoms with Crippen molar-refractivity contribution in [2.24, 2.45) is 10.7 Å². The number of fused-ring (bicyclic) bond motifs is 1. The van der Waals surface area contributed by atoms with Crippen LogP contribution in [-0.4, -0.2) is 44.7 Å². The summed E-state index contributed by atoms with van der Waals surface area (Å²) in [4.78, 5) is 6.88. The molecule has 3 N–H and O–H groups in total. The Balaban J connectivity index is 1.56. The molecule has 28 heavy (non-hydrogen) atoms. The van der Waals surface area contributed by atoms with Crippen molar-refractivity contribution >= 4 is 11.6 Å². The van der Waals surface area contributed by atoms with E-state index < -0.39 is 0 Å². The van der Waals surface area contributed by atoms with E-state index in [-0.39, 0.29) is 0 Å². The number of hydrogen-bond acceptors (Lipinski definition) is 4. The standard InChI is InChI=1S/C22H30N4O2/c1-15-9-16(2)11-19(10-15)25-22(23)24-6-8-26-7-5-17-12-20(27-3)21(28-4)13-18(17)14-26/h9-13H,5-8,14H2,1-4H3,(H3,23,24,25). The SMILES string of the molecule is COc1cc2c(cc1OC)CN(CCN=C(N)Nc1cc(C)cc(C)c1)CC2. The van der Waals surface area contributed by atoms with Gasteiger partial charge >= 0.3 is 0 Å². The fourth-order valence-corrected chi connectivity index (χ4v) is 3.68. The van der Waals surface area contributed by atoms with Crippen LogP contribution < -0.4 is 20.5 Å². The van der Waals surface area contributed by atoms with Crippen LogP contribution in [0.3, 0.4) is 0 Å². The minimum Gasteiger partial charge on any atom is -0.493 e. The first-order valence-electron chi connectivity index (χ1n) is 9.60. The van der Waals surface area contributed by atoms with Gasteiger partial charge in [0.2, 0.25) is 0 Å². The number of anilines is 1. The van der Waals surface area contributed by atoms with Gasteiger partial charge in [-0.3, -0.25) is 9.89 Å². The van der Waals surface area contributed by atoms with E-state index in [2.05, 4.69) is 59.4 Å². The first kappa shape index (κ1) is 20.0. The Morgan fingerprint density at radius 2 is 1.68 bits per heavy atom. The maximum Gasteiger partial charge on any atom is 0.193 e. The zero-order chi connectivity index (χ0) is 20.1. The third-order valence-corrected chi connectivity index (χ3v) is 4.99. The van der Waals surface area contributed by atoms with E-state index in [0.717, 1.165) is 43.2 Å². The molecule has 3 rings (SSSR count). The van der Waals surface area contributed by atoms with Gasteiger partial charge in [0.15, 0.2) is 17.5 Å². The molecule has 6 nitrogen and oxygen atoms in total. The number of nitrogens with one attached hydrogen (secondary N) is 1. The molecule has 0 bridgehead atoms. The molecule has 150 valence electrons. The average molecular weight is 383 g/mol. The third-order valence-electron chi connectivity index (χ3n) is 4.99. The number of nitrogens with zero attached hydrogens (tertiary/aromatic N) is 2. The number of aliphatic imine (C=N–C) groups is 1. The third kappa shape index (κ3) is 4.95. The van der Waals surface area contributed by atoms with E-state index in [0.29, 0.717) is 12.5 Å². The number of guanidine groups is 1. The molecule has 0 aromatic heterocycles. The molecule has 0 aliphatic carbocycles. The van der Waals surface area contributed by atoms with Crippen molar-refractivity contribution in [3.63, 3.8) is 0 Å². The van der Waals surface area contributed by atoms with Gasteiger partial charge in [-0.25, -0.2) is 0 Å². The number of aryl methyl sites for hydroxylation is 2. The number of ether oxygens (including phenoxy) is 2. The van der Waals surface area contributed by atoms with Crippen molar-refractivity contribution in [1.82, 2.24) is 4.90 Å². The fraction of sp³-hybridized carbons (Fsp3) is 0.409. The van der Waals surface area contributed by atoms with Crippen LogP contribution in [0.4, 0.5) is 5.69 Å². The molecule has 2 aromatic rings. The van der Waals surface area contributed by atoms with Crippen molar-refractivity contribution in [3.8, 4) is 11.5 Å². The summed E-state index contributed by atoms with van der Waals surface area (Å²) in [5.74, 6) is 2.03. The fourth-order valence-electron chi connectivity index (χ4n) is 3.68. The molecule has 0 spiro atoms. The quantitative estimate of drug-likeness (QED) is 0.593. The first-order valence-corrected chi connectivity index (χ1v) is 9.60. The second-order valence-corrected chi connectivity index (χ2v) is 7.27. The topological polar surface area (TPSA) is 72.1 Å². The predicted molar refractivity (Wildman–Crippen MR) is 115 cm³/mol. The lowest BCUT2D eigenvalue weighted by Crippen LogP contribution is -2.33. The second-order valence-electron chi connectivity index (χ2n) is 7.27. The zero-order valence-corrected chi connectivity index (χ0v) is 17.2. The molecule has 6 heteroatoms. The van der Waals surface area contributed by atoms with E-state index in [1.165, 1.54) is 22.3 Å². The number of benzene rings is 2. The minimum absolute atomic E-state index is 0.453. The lowest BCUT2D eigenvalue weighted by Gasteiger charge is -2.29. The Hall–Kier alpha value is -2.73. The maximum absolute atomic E-state index is 6.06. The highest BCUT2D eigenvalue weighted by atomic mass is 16.5. The van der Waals surface area contributed by atoms with E-state index in [4.69, 9.17) is 15.2 Å². The van der Waals surface area contributed by atoms with Gasteiger partial charge in [-0.1, -0.05) is 6.07 Å². The van der Waals surface area contributed by atoms with E-state index in [9.17, 15) is 0 Å². The average Bonchev–Trinajstić information content (AvgIpc) is 2.65. The van der Waals surface area contributed by atoms with Gasteiger partial charge < -0.3 is 20.5 Å². The van der Waals surface area contributed by atoms with Crippen LogP contribution in [-0.2, 0) is 13.0 Å². The van der Waals surface area contributed by atoms with Gasteiger partial charge in [0.25, 0.3) is 0 Å². The Labute approximate surface area is 167 Å². The van der Waals surface area contributed by atoms with Crippen LogP contribution in [0.2, 0.25) is 0 Å². The normalized spacial score (nSPS) is 14.5. The highest BCUT2D eigenvalue weighted by molar-refractivity contribution is 5.92.